The number of esters is 2. The fourth-order valence-corrected chi connectivity index (χ4v) is 3.39. The highest BCUT2D eigenvalue weighted by Gasteiger charge is 2.24. The molecule has 0 radical (unpaired) electrons. The van der Waals surface area contributed by atoms with Crippen molar-refractivity contribution in [3.63, 3.8) is 0 Å². The summed E-state index contributed by atoms with van der Waals surface area (Å²) in [5.41, 5.74) is 1.57. The molecule has 2 rings (SSSR count). The zero-order valence-corrected chi connectivity index (χ0v) is 62.6. The van der Waals surface area contributed by atoms with Gasteiger partial charge in [0.05, 0.1) is 28.4 Å². The summed E-state index contributed by atoms with van der Waals surface area (Å²) in [4.78, 5) is 31.8. The fourth-order valence-electron chi connectivity index (χ4n) is 2.72. The van der Waals surface area contributed by atoms with Crippen LogP contribution < -0.4 is 0 Å². The molecule has 1 saturated carbocycles. The van der Waals surface area contributed by atoms with Gasteiger partial charge in [-0.1, -0.05) is 237 Å². The summed E-state index contributed by atoms with van der Waals surface area (Å²) in [6.07, 6.45) is 6.80. The Kier molecular flexibility index (Phi) is 71.3. The maximum atomic E-state index is 10.9. The molecule has 0 amide bonds. The summed E-state index contributed by atoms with van der Waals surface area (Å²) in [6, 6.07) is 10.5. The molecule has 488 valence electrons. The van der Waals surface area contributed by atoms with E-state index in [-0.39, 0.29) is 63.4 Å². The standard InChI is InChI=1S/C9H12.C8H16O2.C7H14O2.C7H16.C6H12.C6H14.C5H12O2S.C5H10O.C5H12.C4H10O2S.C4H10.C3H8/c1-8(2)9-6-4-3-5-7-9;1-6(2)7(9)10-8(3,4)5;1-5(2)7(8)9-6(3)4;1-6(2)7(3,4)5;1-5(2)6-3-4-6;1-5(2)6(3)4;1-4-8(6,7)5(2)3;1-4(2)5(3)6;1-4-5(2)3;1-4(2)7(3,5)6;1-4(2)3;1-3-2/h3-8H,1-2H3;6H,1-5H3;5-6H,1-4H3;6H,1-5H3;5-6H,3-4H2,1-2H3;5-6H,1-4H3;5H,4H2,1-3H3;4H,1-3H3;5H,4H2,1-3H3;4H,1-3H3;4H,1-3H3;3H2,1-2H3. The largest absolute Gasteiger partial charge is 0.463 e. The highest BCUT2D eigenvalue weighted by Crippen LogP contribution is 2.35. The molecular weight excluding hydrogens is 1040 g/mol. The Morgan fingerprint density at radius 3 is 0.900 bits per heavy atom. The molecule has 1 aromatic carbocycles. The average molecular weight is 1180 g/mol. The van der Waals surface area contributed by atoms with Gasteiger partial charge < -0.3 is 9.47 Å². The molecule has 80 heavy (non-hydrogen) atoms. The monoisotopic (exact) mass is 1180 g/mol. The molecule has 9 nitrogen and oxygen atoms in total. The maximum Gasteiger partial charge on any atom is 0.308 e. The van der Waals surface area contributed by atoms with E-state index in [4.69, 9.17) is 9.47 Å². The molecular formula is C69H146O9S2. The maximum absolute atomic E-state index is 10.9. The van der Waals surface area contributed by atoms with Crippen molar-refractivity contribution in [2.45, 2.75) is 317 Å². The first-order valence-corrected chi connectivity index (χ1v) is 34.6. The molecule has 0 bridgehead atoms. The predicted molar refractivity (Wildman–Crippen MR) is 361 cm³/mol. The quantitative estimate of drug-likeness (QED) is 0.198. The van der Waals surface area contributed by atoms with E-state index in [2.05, 4.69) is 170 Å². The Bertz CT molecular complexity index is 1680. The van der Waals surface area contributed by atoms with Gasteiger partial charge in [0.15, 0.2) is 9.84 Å². The number of ether oxygens (including phenoxy) is 2. The van der Waals surface area contributed by atoms with Crippen LogP contribution in [0.2, 0.25) is 0 Å². The van der Waals surface area contributed by atoms with E-state index in [0.717, 1.165) is 41.4 Å². The molecule has 0 saturated heterocycles. The minimum atomic E-state index is -2.74. The molecule has 1 aliphatic rings. The summed E-state index contributed by atoms with van der Waals surface area (Å²) in [7, 11) is -5.48. The van der Waals surface area contributed by atoms with Crippen LogP contribution in [0.25, 0.3) is 0 Å². The van der Waals surface area contributed by atoms with Crippen molar-refractivity contribution in [3.05, 3.63) is 35.9 Å². The van der Waals surface area contributed by atoms with Crippen LogP contribution in [0.1, 0.15) is 300 Å². The second-order valence-corrected chi connectivity index (χ2v) is 32.8. The van der Waals surface area contributed by atoms with E-state index in [9.17, 15) is 31.2 Å². The Hall–Kier alpha value is -2.27. The molecule has 1 fully saturated rings. The minimum absolute atomic E-state index is 0.00704. The van der Waals surface area contributed by atoms with E-state index in [1.807, 2.05) is 82.2 Å². The van der Waals surface area contributed by atoms with Gasteiger partial charge in [0.2, 0.25) is 0 Å². The lowest BCUT2D eigenvalue weighted by Gasteiger charge is -2.22. The van der Waals surface area contributed by atoms with Gasteiger partial charge in [0, 0.05) is 17.9 Å². The first-order chi connectivity index (χ1) is 35.6. The molecule has 0 aliphatic heterocycles. The number of carbonyl (C=O) groups is 3. The summed E-state index contributed by atoms with van der Waals surface area (Å²) in [5.74, 6) is 7.38. The van der Waals surface area contributed by atoms with Crippen LogP contribution in [0.3, 0.4) is 0 Å². The topological polar surface area (TPSA) is 138 Å². The molecule has 0 atom stereocenters. The van der Waals surface area contributed by atoms with Crippen molar-refractivity contribution in [2.24, 2.45) is 64.6 Å². The molecule has 11 heteroatoms. The van der Waals surface area contributed by atoms with Crippen LogP contribution in [0.15, 0.2) is 30.3 Å². The number of rotatable bonds is 11. The molecule has 1 aliphatic carbocycles. The summed E-state index contributed by atoms with van der Waals surface area (Å²) in [5, 5.41) is -0.444. The van der Waals surface area contributed by atoms with Crippen LogP contribution in [0.4, 0.5) is 0 Å². The number of Topliss-reactive ketones (excluding diaryl/α,β-unsaturated/α-hetero) is 1. The van der Waals surface area contributed by atoms with Crippen molar-refractivity contribution >= 4 is 37.4 Å². The van der Waals surface area contributed by atoms with E-state index >= 15 is 0 Å². The molecule has 0 N–H and O–H groups in total. The van der Waals surface area contributed by atoms with Gasteiger partial charge in [-0.15, -0.1) is 0 Å². The summed E-state index contributed by atoms with van der Waals surface area (Å²) in [6.45, 7) is 77.0. The lowest BCUT2D eigenvalue weighted by atomic mass is 9.84. The normalized spacial score (nSPS) is 11.8. The van der Waals surface area contributed by atoms with Gasteiger partial charge in [-0.05, 0) is 140 Å². The molecule has 0 spiro atoms. The molecule has 0 heterocycles. The van der Waals surface area contributed by atoms with E-state index in [1.54, 1.807) is 41.5 Å². The Balaban J connectivity index is -0.0000000844. The second-order valence-electron chi connectivity index (χ2n) is 27.4. The van der Waals surface area contributed by atoms with Crippen LogP contribution >= 0.6 is 0 Å². The Morgan fingerprint density at radius 2 is 0.838 bits per heavy atom. The molecule has 1 aromatic rings. The number of ketones is 1. The van der Waals surface area contributed by atoms with Crippen molar-refractivity contribution in [1.29, 1.82) is 0 Å². The average Bonchev–Trinajstić information content (AvgIpc) is 4.14. The van der Waals surface area contributed by atoms with Gasteiger partial charge >= 0.3 is 11.9 Å². The van der Waals surface area contributed by atoms with Gasteiger partial charge in [0.1, 0.15) is 21.2 Å². The van der Waals surface area contributed by atoms with E-state index in [1.165, 1.54) is 37.5 Å². The predicted octanol–water partition coefficient (Wildman–Crippen LogP) is 21.1. The number of hydrogen-bond acceptors (Lipinski definition) is 9. The molecule has 0 aromatic heterocycles. The van der Waals surface area contributed by atoms with Crippen LogP contribution in [0.5, 0.6) is 0 Å². The van der Waals surface area contributed by atoms with Crippen molar-refractivity contribution in [3.8, 4) is 0 Å². The minimum Gasteiger partial charge on any atom is -0.463 e. The highest BCUT2D eigenvalue weighted by molar-refractivity contribution is 7.92. The van der Waals surface area contributed by atoms with Crippen molar-refractivity contribution < 1.29 is 40.7 Å². The first-order valence-electron chi connectivity index (χ1n) is 31.0. The Morgan fingerprint density at radius 1 is 0.550 bits per heavy atom. The lowest BCUT2D eigenvalue weighted by molar-refractivity contribution is -0.158. The third-order valence-corrected chi connectivity index (χ3v) is 15.4. The van der Waals surface area contributed by atoms with Crippen LogP contribution in [-0.2, 0) is 43.5 Å². The summed E-state index contributed by atoms with van der Waals surface area (Å²) >= 11 is 0. The third-order valence-electron chi connectivity index (χ3n) is 11.4. The van der Waals surface area contributed by atoms with Crippen LogP contribution in [0, 0.1) is 64.6 Å². The van der Waals surface area contributed by atoms with Crippen molar-refractivity contribution in [1.82, 2.24) is 0 Å². The second kappa shape index (κ2) is 57.2. The number of hydrogen-bond donors (Lipinski definition) is 0. The van der Waals surface area contributed by atoms with Gasteiger partial charge in [-0.2, -0.15) is 0 Å². The van der Waals surface area contributed by atoms with Crippen molar-refractivity contribution in [2.75, 3.05) is 12.0 Å². The summed E-state index contributed by atoms with van der Waals surface area (Å²) < 4.78 is 52.0. The number of carbonyl (C=O) groups excluding carboxylic acids is 3. The highest BCUT2D eigenvalue weighted by atomic mass is 32.2. The molecule has 0 unspecified atom stereocenters. The van der Waals surface area contributed by atoms with Crippen LogP contribution in [-0.4, -0.2) is 68.8 Å². The van der Waals surface area contributed by atoms with E-state index in [0.29, 0.717) is 11.3 Å². The van der Waals surface area contributed by atoms with Gasteiger partial charge in [-0.25, -0.2) is 16.8 Å². The number of benzene rings is 1. The zero-order chi connectivity index (χ0) is 66.9. The lowest BCUT2D eigenvalue weighted by Crippen LogP contribution is -2.26. The number of sulfone groups is 2. The van der Waals surface area contributed by atoms with Gasteiger partial charge in [0.25, 0.3) is 0 Å². The zero-order valence-electron chi connectivity index (χ0n) is 61.0. The fraction of sp³-hybridized carbons (Fsp3) is 0.870. The van der Waals surface area contributed by atoms with E-state index < -0.39 is 19.7 Å². The smallest absolute Gasteiger partial charge is 0.308 e. The Labute approximate surface area is 504 Å². The van der Waals surface area contributed by atoms with Gasteiger partial charge in [-0.3, -0.25) is 14.4 Å². The first kappa shape index (κ1) is 99.8. The SMILES string of the molecule is CC(=O)C(C)C.CC(C)C.CC(C)C(=O)OC(C)(C)C.CC(C)C(C)(C)C.CC(C)C(C)C.CC(C)C1CC1.CC(C)OC(=O)C(C)C.CC(C)S(C)(=O)=O.CC(C)c1ccccc1.CCC.CCC(C)C.CCS(=O)(=O)C(C)C. The third kappa shape index (κ3) is 101.